The zero-order valence-corrected chi connectivity index (χ0v) is 11.5. The maximum absolute atomic E-state index is 5.46. The summed E-state index contributed by atoms with van der Waals surface area (Å²) < 4.78 is 5.46. The number of hydrogen-bond donors (Lipinski definition) is 2. The Morgan fingerprint density at radius 3 is 2.83 bits per heavy atom. The molecular weight excluding hydrogens is 250 g/mol. The van der Waals surface area contributed by atoms with Crippen molar-refractivity contribution < 1.29 is 4.42 Å². The fourth-order valence-electron chi connectivity index (χ4n) is 1.34. The first kappa shape index (κ1) is 13.0. The van der Waals surface area contributed by atoms with Crippen molar-refractivity contribution in [3.05, 3.63) is 22.0 Å². The van der Waals surface area contributed by atoms with E-state index in [2.05, 4.69) is 39.7 Å². The first-order valence-electron chi connectivity index (χ1n) is 5.83. The minimum absolute atomic E-state index is 0.396. The van der Waals surface area contributed by atoms with Crippen LogP contribution in [0, 0.1) is 6.92 Å². The van der Waals surface area contributed by atoms with Crippen LogP contribution in [-0.2, 0) is 13.1 Å². The summed E-state index contributed by atoms with van der Waals surface area (Å²) in [7, 11) is 0. The Kier molecular flexibility index (Phi) is 4.27. The van der Waals surface area contributed by atoms with Gasteiger partial charge in [0.05, 0.1) is 24.3 Å². The van der Waals surface area contributed by atoms with E-state index in [1.54, 1.807) is 11.3 Å². The summed E-state index contributed by atoms with van der Waals surface area (Å²) in [6.45, 7) is 7.38. The SMILES string of the molecule is Cc1ncsc1CNc1nnc(CNC(C)C)o1. The lowest BCUT2D eigenvalue weighted by Crippen LogP contribution is -2.21. The number of aromatic nitrogens is 3. The third-order valence-corrected chi connectivity index (χ3v) is 3.31. The van der Waals surface area contributed by atoms with Crippen molar-refractivity contribution >= 4 is 17.4 Å². The Morgan fingerprint density at radius 2 is 2.17 bits per heavy atom. The summed E-state index contributed by atoms with van der Waals surface area (Å²) in [6.07, 6.45) is 0. The zero-order valence-electron chi connectivity index (χ0n) is 10.7. The van der Waals surface area contributed by atoms with Crippen LogP contribution in [0.5, 0.6) is 0 Å². The van der Waals surface area contributed by atoms with Crippen LogP contribution >= 0.6 is 11.3 Å². The second-order valence-corrected chi connectivity index (χ2v) is 5.19. The third kappa shape index (κ3) is 3.51. The number of thiazole rings is 1. The lowest BCUT2D eigenvalue weighted by molar-refractivity contribution is 0.458. The Labute approximate surface area is 110 Å². The number of hydrogen-bond acceptors (Lipinski definition) is 7. The van der Waals surface area contributed by atoms with Crippen LogP contribution in [0.2, 0.25) is 0 Å². The Morgan fingerprint density at radius 1 is 1.33 bits per heavy atom. The molecular formula is C11H17N5OS. The quantitative estimate of drug-likeness (QED) is 0.833. The van der Waals surface area contributed by atoms with E-state index in [-0.39, 0.29) is 0 Å². The Hall–Kier alpha value is -1.47. The van der Waals surface area contributed by atoms with E-state index >= 15 is 0 Å². The number of nitrogens with zero attached hydrogens (tertiary/aromatic N) is 3. The molecule has 2 heterocycles. The molecule has 0 aromatic carbocycles. The molecule has 0 aliphatic heterocycles. The van der Waals surface area contributed by atoms with E-state index in [1.165, 1.54) is 4.88 Å². The maximum atomic E-state index is 5.46. The second kappa shape index (κ2) is 5.92. The van der Waals surface area contributed by atoms with Crippen molar-refractivity contribution in [1.82, 2.24) is 20.5 Å². The first-order valence-corrected chi connectivity index (χ1v) is 6.71. The highest BCUT2D eigenvalue weighted by Crippen LogP contribution is 2.14. The van der Waals surface area contributed by atoms with Gasteiger partial charge in [-0.3, -0.25) is 0 Å². The molecule has 0 aliphatic rings. The molecule has 2 aromatic rings. The number of nitrogens with one attached hydrogen (secondary N) is 2. The van der Waals surface area contributed by atoms with Crippen LogP contribution < -0.4 is 10.6 Å². The molecule has 7 heteroatoms. The van der Waals surface area contributed by atoms with Crippen molar-refractivity contribution in [3.63, 3.8) is 0 Å². The molecule has 0 bridgehead atoms. The van der Waals surface area contributed by atoms with Gasteiger partial charge in [-0.1, -0.05) is 18.9 Å². The molecule has 0 fully saturated rings. The van der Waals surface area contributed by atoms with Crippen LogP contribution in [0.15, 0.2) is 9.93 Å². The van der Waals surface area contributed by atoms with Crippen molar-refractivity contribution in [2.24, 2.45) is 0 Å². The topological polar surface area (TPSA) is 75.9 Å². The summed E-state index contributed by atoms with van der Waals surface area (Å²) in [4.78, 5) is 5.36. The molecule has 0 amide bonds. The average molecular weight is 267 g/mol. The van der Waals surface area contributed by atoms with E-state index < -0.39 is 0 Å². The largest absolute Gasteiger partial charge is 0.407 e. The Balaban J connectivity index is 1.85. The van der Waals surface area contributed by atoms with Crippen LogP contribution in [0.25, 0.3) is 0 Å². The molecule has 0 unspecified atom stereocenters. The fourth-order valence-corrected chi connectivity index (χ4v) is 2.06. The first-order chi connectivity index (χ1) is 8.65. The predicted molar refractivity (Wildman–Crippen MR) is 70.5 cm³/mol. The molecule has 0 radical (unpaired) electrons. The van der Waals surface area contributed by atoms with E-state index in [1.807, 2.05) is 12.4 Å². The summed E-state index contributed by atoms with van der Waals surface area (Å²) in [5.41, 5.74) is 2.87. The highest BCUT2D eigenvalue weighted by atomic mass is 32.1. The molecule has 0 atom stereocenters. The molecule has 0 spiro atoms. The summed E-state index contributed by atoms with van der Waals surface area (Å²) in [6, 6.07) is 0.844. The van der Waals surface area contributed by atoms with Gasteiger partial charge in [-0.2, -0.15) is 0 Å². The molecule has 2 N–H and O–H groups in total. The van der Waals surface area contributed by atoms with E-state index in [0.29, 0.717) is 31.0 Å². The predicted octanol–water partition coefficient (Wildman–Crippen LogP) is 1.94. The van der Waals surface area contributed by atoms with Gasteiger partial charge in [-0.15, -0.1) is 16.4 Å². The number of anilines is 1. The van der Waals surface area contributed by atoms with Gasteiger partial charge in [0.15, 0.2) is 0 Å². The van der Waals surface area contributed by atoms with Gasteiger partial charge in [-0.25, -0.2) is 4.98 Å². The van der Waals surface area contributed by atoms with Crippen LogP contribution in [0.3, 0.4) is 0 Å². The molecule has 0 aliphatic carbocycles. The van der Waals surface area contributed by atoms with Gasteiger partial charge in [0, 0.05) is 10.9 Å². The van der Waals surface area contributed by atoms with Gasteiger partial charge in [-0.05, 0) is 6.92 Å². The molecule has 18 heavy (non-hydrogen) atoms. The molecule has 2 aromatic heterocycles. The van der Waals surface area contributed by atoms with Crippen molar-refractivity contribution in [2.75, 3.05) is 5.32 Å². The lowest BCUT2D eigenvalue weighted by Gasteiger charge is -2.03. The van der Waals surface area contributed by atoms with E-state index in [4.69, 9.17) is 4.42 Å². The lowest BCUT2D eigenvalue weighted by atomic mass is 10.4. The zero-order chi connectivity index (χ0) is 13.0. The fraction of sp³-hybridized carbons (Fsp3) is 0.545. The normalized spacial score (nSPS) is 11.1. The third-order valence-electron chi connectivity index (χ3n) is 2.37. The highest BCUT2D eigenvalue weighted by molar-refractivity contribution is 7.09. The van der Waals surface area contributed by atoms with Gasteiger partial charge in [0.2, 0.25) is 5.89 Å². The molecule has 98 valence electrons. The average Bonchev–Trinajstić information content (AvgIpc) is 2.93. The number of aryl methyl sites for hydroxylation is 1. The van der Waals surface area contributed by atoms with E-state index in [0.717, 1.165) is 5.69 Å². The van der Waals surface area contributed by atoms with Crippen molar-refractivity contribution in [1.29, 1.82) is 0 Å². The minimum Gasteiger partial charge on any atom is -0.407 e. The second-order valence-electron chi connectivity index (χ2n) is 4.25. The molecule has 0 saturated carbocycles. The van der Waals surface area contributed by atoms with Gasteiger partial charge in [0.1, 0.15) is 0 Å². The van der Waals surface area contributed by atoms with Gasteiger partial charge < -0.3 is 15.1 Å². The number of rotatable bonds is 6. The smallest absolute Gasteiger partial charge is 0.315 e. The van der Waals surface area contributed by atoms with Crippen LogP contribution in [-0.4, -0.2) is 21.2 Å². The molecule has 0 saturated heterocycles. The molecule has 6 nitrogen and oxygen atoms in total. The summed E-state index contributed by atoms with van der Waals surface area (Å²) in [5, 5.41) is 14.2. The monoisotopic (exact) mass is 267 g/mol. The standard InChI is InChI=1S/C11H17N5OS/c1-7(2)12-5-10-15-16-11(17-10)13-4-9-8(3)14-6-18-9/h6-7,12H,4-5H2,1-3H3,(H,13,16). The maximum Gasteiger partial charge on any atom is 0.315 e. The van der Waals surface area contributed by atoms with Crippen LogP contribution in [0.4, 0.5) is 6.01 Å². The van der Waals surface area contributed by atoms with Gasteiger partial charge >= 0.3 is 6.01 Å². The minimum atomic E-state index is 0.396. The van der Waals surface area contributed by atoms with E-state index in [9.17, 15) is 0 Å². The Bertz CT molecular complexity index is 493. The highest BCUT2D eigenvalue weighted by Gasteiger charge is 2.07. The molecule has 2 rings (SSSR count). The van der Waals surface area contributed by atoms with Crippen molar-refractivity contribution in [2.45, 2.75) is 39.9 Å². The van der Waals surface area contributed by atoms with Gasteiger partial charge in [0.25, 0.3) is 0 Å². The summed E-state index contributed by atoms with van der Waals surface area (Å²) >= 11 is 1.61. The van der Waals surface area contributed by atoms with Crippen molar-refractivity contribution in [3.8, 4) is 0 Å². The van der Waals surface area contributed by atoms with Crippen LogP contribution in [0.1, 0.15) is 30.3 Å². The summed E-state index contributed by atoms with van der Waals surface area (Å²) in [5.74, 6) is 0.590.